The van der Waals surface area contributed by atoms with Crippen LogP contribution in [-0.4, -0.2) is 38.3 Å². The predicted octanol–water partition coefficient (Wildman–Crippen LogP) is 1.94. The van der Waals surface area contributed by atoms with Crippen LogP contribution in [0.1, 0.15) is 22.9 Å². The van der Waals surface area contributed by atoms with Gasteiger partial charge in [-0.15, -0.1) is 0 Å². The fourth-order valence-electron chi connectivity index (χ4n) is 3.96. The minimum Gasteiger partial charge on any atom is -0.493 e. The zero-order valence-corrected chi connectivity index (χ0v) is 15.6. The highest BCUT2D eigenvalue weighted by Crippen LogP contribution is 2.35. The van der Waals surface area contributed by atoms with Crippen LogP contribution in [0.2, 0.25) is 0 Å². The standard InChI is InChI=1S/C21H22N2O4/c1-25-17-9-8-12(10-18(17)26-2)19-20-14(11-16(23-19)21(24)27-3)13-6-4-5-7-15(13)22-20/h4-10,16,19,22-23H,11H2,1-3H3/p+1/t16-,19+/m1/s1. The third kappa shape index (κ3) is 2.92. The largest absolute Gasteiger partial charge is 0.493 e. The van der Waals surface area contributed by atoms with E-state index in [4.69, 9.17) is 14.2 Å². The number of aromatic nitrogens is 1. The topological polar surface area (TPSA) is 77.2 Å². The van der Waals surface area contributed by atoms with Crippen molar-refractivity contribution < 1.29 is 24.3 Å². The van der Waals surface area contributed by atoms with Gasteiger partial charge in [-0.3, -0.25) is 0 Å². The summed E-state index contributed by atoms with van der Waals surface area (Å²) >= 11 is 0. The fraction of sp³-hybridized carbons (Fsp3) is 0.286. The average Bonchev–Trinajstić information content (AvgIpc) is 3.10. The summed E-state index contributed by atoms with van der Waals surface area (Å²) in [6.07, 6.45) is 0.635. The number of quaternary nitrogens is 1. The second-order valence-corrected chi connectivity index (χ2v) is 6.68. The molecule has 0 amide bonds. The lowest BCUT2D eigenvalue weighted by Crippen LogP contribution is -2.94. The predicted molar refractivity (Wildman–Crippen MR) is 101 cm³/mol. The van der Waals surface area contributed by atoms with Crippen LogP contribution in [-0.2, 0) is 16.0 Å². The summed E-state index contributed by atoms with van der Waals surface area (Å²) in [6, 6.07) is 13.7. The van der Waals surface area contributed by atoms with Crippen molar-refractivity contribution in [3.05, 3.63) is 59.3 Å². The molecular formula is C21H23N2O4+. The summed E-state index contributed by atoms with van der Waals surface area (Å²) in [5, 5.41) is 3.21. The number of hydrogen-bond donors (Lipinski definition) is 2. The fourth-order valence-corrected chi connectivity index (χ4v) is 3.96. The van der Waals surface area contributed by atoms with Gasteiger partial charge in [0.05, 0.1) is 27.0 Å². The van der Waals surface area contributed by atoms with Gasteiger partial charge in [0.15, 0.2) is 23.6 Å². The molecule has 0 aliphatic carbocycles. The maximum atomic E-state index is 12.3. The minimum absolute atomic E-state index is 0.0648. The Morgan fingerprint density at radius 3 is 2.59 bits per heavy atom. The maximum Gasteiger partial charge on any atom is 0.364 e. The Morgan fingerprint density at radius 2 is 1.85 bits per heavy atom. The van der Waals surface area contributed by atoms with E-state index in [1.54, 1.807) is 14.2 Å². The van der Waals surface area contributed by atoms with Crippen molar-refractivity contribution in [2.24, 2.45) is 0 Å². The Morgan fingerprint density at radius 1 is 1.07 bits per heavy atom. The highest BCUT2D eigenvalue weighted by Gasteiger charge is 2.38. The van der Waals surface area contributed by atoms with Gasteiger partial charge >= 0.3 is 5.97 Å². The molecule has 1 aliphatic rings. The lowest BCUT2D eigenvalue weighted by molar-refractivity contribution is -0.712. The first-order valence-electron chi connectivity index (χ1n) is 8.90. The molecule has 0 fully saturated rings. The zero-order chi connectivity index (χ0) is 19.0. The van der Waals surface area contributed by atoms with Crippen molar-refractivity contribution in [1.82, 2.24) is 4.98 Å². The van der Waals surface area contributed by atoms with Gasteiger partial charge in [-0.1, -0.05) is 18.2 Å². The molecule has 140 valence electrons. The highest BCUT2D eigenvalue weighted by atomic mass is 16.5. The molecule has 0 saturated heterocycles. The number of ether oxygens (including phenoxy) is 3. The Kier molecular flexibility index (Phi) is 4.49. The number of methoxy groups -OCH3 is 3. The second kappa shape index (κ2) is 6.96. The SMILES string of the molecule is COC(=O)[C@H]1Cc2c([nH]c3ccccc23)[C@H](c2ccc(OC)c(OC)c2)[NH2+]1. The molecule has 4 rings (SSSR count). The molecule has 3 N–H and O–H groups in total. The van der Waals surface area contributed by atoms with Crippen LogP contribution in [0, 0.1) is 0 Å². The molecule has 0 unspecified atom stereocenters. The number of H-pyrrole nitrogens is 1. The molecule has 6 heteroatoms. The molecule has 1 aliphatic heterocycles. The summed E-state index contributed by atoms with van der Waals surface area (Å²) in [6.45, 7) is 0. The maximum absolute atomic E-state index is 12.3. The quantitative estimate of drug-likeness (QED) is 0.691. The van der Waals surface area contributed by atoms with Crippen molar-refractivity contribution in [1.29, 1.82) is 0 Å². The minimum atomic E-state index is -0.292. The van der Waals surface area contributed by atoms with Gasteiger partial charge in [-0.2, -0.15) is 0 Å². The van der Waals surface area contributed by atoms with E-state index < -0.39 is 0 Å². The van der Waals surface area contributed by atoms with E-state index in [0.29, 0.717) is 17.9 Å². The summed E-state index contributed by atoms with van der Waals surface area (Å²) in [5.41, 5.74) is 4.40. The number of nitrogens with one attached hydrogen (secondary N) is 1. The lowest BCUT2D eigenvalue weighted by Gasteiger charge is -2.27. The van der Waals surface area contributed by atoms with Gasteiger partial charge in [0, 0.05) is 22.9 Å². The van der Waals surface area contributed by atoms with Gasteiger partial charge in [-0.25, -0.2) is 4.79 Å². The van der Waals surface area contributed by atoms with Gasteiger partial charge < -0.3 is 24.5 Å². The molecule has 27 heavy (non-hydrogen) atoms. The van der Waals surface area contributed by atoms with Gasteiger partial charge in [0.2, 0.25) is 0 Å². The zero-order valence-electron chi connectivity index (χ0n) is 15.6. The molecule has 3 aromatic rings. The van der Waals surface area contributed by atoms with Crippen LogP contribution in [0.5, 0.6) is 11.5 Å². The number of rotatable bonds is 4. The second-order valence-electron chi connectivity index (χ2n) is 6.68. The average molecular weight is 367 g/mol. The summed E-state index contributed by atoms with van der Waals surface area (Å²) < 4.78 is 15.9. The van der Waals surface area contributed by atoms with Crippen LogP contribution in [0.3, 0.4) is 0 Å². The molecular weight excluding hydrogens is 344 g/mol. The van der Waals surface area contributed by atoms with E-state index in [0.717, 1.165) is 22.2 Å². The van der Waals surface area contributed by atoms with Crippen LogP contribution in [0.4, 0.5) is 0 Å². The molecule has 0 saturated carbocycles. The number of para-hydroxylation sites is 1. The number of carbonyl (C=O) groups is 1. The summed E-state index contributed by atoms with van der Waals surface area (Å²) in [4.78, 5) is 15.9. The summed E-state index contributed by atoms with van der Waals surface area (Å²) in [7, 11) is 4.68. The van der Waals surface area contributed by atoms with Gasteiger partial charge in [0.1, 0.15) is 0 Å². The van der Waals surface area contributed by atoms with Crippen LogP contribution in [0.25, 0.3) is 10.9 Å². The molecule has 6 nitrogen and oxygen atoms in total. The van der Waals surface area contributed by atoms with Gasteiger partial charge in [-0.05, 0) is 29.8 Å². The smallest absolute Gasteiger partial charge is 0.364 e. The molecule has 2 heterocycles. The monoisotopic (exact) mass is 367 g/mol. The van der Waals surface area contributed by atoms with Crippen molar-refractivity contribution >= 4 is 16.9 Å². The highest BCUT2D eigenvalue weighted by molar-refractivity contribution is 5.86. The van der Waals surface area contributed by atoms with E-state index in [1.165, 1.54) is 12.7 Å². The Bertz CT molecular complexity index is 995. The number of fused-ring (bicyclic) bond motifs is 3. The number of hydrogen-bond acceptors (Lipinski definition) is 4. The first kappa shape index (κ1) is 17.4. The van der Waals surface area contributed by atoms with E-state index in [2.05, 4.69) is 22.4 Å². The molecule has 1 aromatic heterocycles. The number of aromatic amines is 1. The molecule has 2 atom stereocenters. The molecule has 0 bridgehead atoms. The van der Waals surface area contributed by atoms with E-state index in [9.17, 15) is 4.79 Å². The number of benzene rings is 2. The van der Waals surface area contributed by atoms with Crippen LogP contribution >= 0.6 is 0 Å². The van der Waals surface area contributed by atoms with Crippen molar-refractivity contribution in [2.75, 3.05) is 21.3 Å². The molecule has 2 aromatic carbocycles. The van der Waals surface area contributed by atoms with Crippen molar-refractivity contribution in [3.63, 3.8) is 0 Å². The van der Waals surface area contributed by atoms with Gasteiger partial charge in [0.25, 0.3) is 0 Å². The number of carbonyl (C=O) groups excluding carboxylic acids is 1. The van der Waals surface area contributed by atoms with Crippen molar-refractivity contribution in [3.8, 4) is 11.5 Å². The molecule has 0 radical (unpaired) electrons. The number of esters is 1. The molecule has 0 spiro atoms. The normalized spacial score (nSPS) is 18.8. The first-order valence-corrected chi connectivity index (χ1v) is 8.90. The van der Waals surface area contributed by atoms with Crippen molar-refractivity contribution in [2.45, 2.75) is 18.5 Å². The first-order chi connectivity index (χ1) is 13.2. The Hall–Kier alpha value is -2.99. The van der Waals surface area contributed by atoms with E-state index >= 15 is 0 Å². The van der Waals surface area contributed by atoms with Crippen LogP contribution in [0.15, 0.2) is 42.5 Å². The van der Waals surface area contributed by atoms with E-state index in [-0.39, 0.29) is 18.1 Å². The number of nitrogens with two attached hydrogens (primary N) is 1. The van der Waals surface area contributed by atoms with Crippen LogP contribution < -0.4 is 14.8 Å². The Labute approximate surface area is 157 Å². The summed E-state index contributed by atoms with van der Waals surface area (Å²) in [5.74, 6) is 1.14. The van der Waals surface area contributed by atoms with E-state index in [1.807, 2.05) is 30.3 Å². The third-order valence-electron chi connectivity index (χ3n) is 5.28. The lowest BCUT2D eigenvalue weighted by atomic mass is 9.90. The Balaban J connectivity index is 1.86. The third-order valence-corrected chi connectivity index (χ3v) is 5.28.